The Morgan fingerprint density at radius 3 is 1.97 bits per heavy atom. The lowest BCUT2D eigenvalue weighted by atomic mass is 10.0. The molecule has 0 unspecified atom stereocenters. The number of aromatic nitrogens is 3. The average molecular weight is 434 g/mol. The number of rotatable bonds is 6. The SMILES string of the molecule is O=C(CSc1nnc(-c2ccccc2)c(-c2ccccc2)n1)Nc1c(F)cccc1F. The fraction of sp³-hybridized carbons (Fsp3) is 0.0435. The van der Waals surface area contributed by atoms with Crippen molar-refractivity contribution in [2.45, 2.75) is 5.16 Å². The first-order valence-electron chi connectivity index (χ1n) is 9.34. The van der Waals surface area contributed by atoms with Crippen molar-refractivity contribution in [3.8, 4) is 22.5 Å². The zero-order chi connectivity index (χ0) is 21.6. The minimum Gasteiger partial charge on any atom is -0.320 e. The molecule has 0 fully saturated rings. The maximum Gasteiger partial charge on any atom is 0.235 e. The Balaban J connectivity index is 1.56. The molecule has 0 spiro atoms. The van der Waals surface area contributed by atoms with E-state index in [-0.39, 0.29) is 10.9 Å². The second kappa shape index (κ2) is 9.44. The molecule has 0 aliphatic rings. The number of hydrogen-bond donors (Lipinski definition) is 1. The number of carbonyl (C=O) groups is 1. The Hall–Kier alpha value is -3.65. The molecule has 31 heavy (non-hydrogen) atoms. The highest BCUT2D eigenvalue weighted by Gasteiger charge is 2.16. The van der Waals surface area contributed by atoms with Crippen LogP contribution in [0.15, 0.2) is 84.0 Å². The quantitative estimate of drug-likeness (QED) is 0.422. The molecule has 1 N–H and O–H groups in total. The van der Waals surface area contributed by atoms with Crippen LogP contribution in [0.2, 0.25) is 0 Å². The number of anilines is 1. The number of halogens is 2. The lowest BCUT2D eigenvalue weighted by molar-refractivity contribution is -0.113. The van der Waals surface area contributed by atoms with E-state index in [0.29, 0.717) is 11.4 Å². The molecule has 4 rings (SSSR count). The van der Waals surface area contributed by atoms with Crippen molar-refractivity contribution in [2.24, 2.45) is 0 Å². The van der Waals surface area contributed by atoms with Crippen molar-refractivity contribution in [3.63, 3.8) is 0 Å². The lowest BCUT2D eigenvalue weighted by Gasteiger charge is -2.10. The summed E-state index contributed by atoms with van der Waals surface area (Å²) in [6.45, 7) is 0. The van der Waals surface area contributed by atoms with Crippen LogP contribution in [0.5, 0.6) is 0 Å². The van der Waals surface area contributed by atoms with Crippen molar-refractivity contribution in [1.82, 2.24) is 15.2 Å². The third-order valence-electron chi connectivity index (χ3n) is 4.32. The van der Waals surface area contributed by atoms with Gasteiger partial charge in [-0.05, 0) is 12.1 Å². The Bertz CT molecular complexity index is 1190. The first-order chi connectivity index (χ1) is 15.1. The molecule has 1 aromatic heterocycles. The molecule has 0 aliphatic heterocycles. The summed E-state index contributed by atoms with van der Waals surface area (Å²) < 4.78 is 27.4. The highest BCUT2D eigenvalue weighted by Crippen LogP contribution is 2.29. The molecular weight excluding hydrogens is 418 g/mol. The van der Waals surface area contributed by atoms with Crippen molar-refractivity contribution in [2.75, 3.05) is 11.1 Å². The van der Waals surface area contributed by atoms with Gasteiger partial charge in [0.05, 0.1) is 5.75 Å². The van der Waals surface area contributed by atoms with E-state index in [1.807, 2.05) is 60.7 Å². The normalized spacial score (nSPS) is 10.6. The zero-order valence-corrected chi connectivity index (χ0v) is 16.9. The molecule has 154 valence electrons. The topological polar surface area (TPSA) is 67.8 Å². The van der Waals surface area contributed by atoms with Crippen LogP contribution in [0.1, 0.15) is 0 Å². The standard InChI is InChI=1S/C23H16F2N4OS/c24-17-12-7-13-18(25)22(17)26-19(30)14-31-23-27-20(15-8-3-1-4-9-15)21(28-29-23)16-10-5-2-6-11-16/h1-13H,14H2,(H,26,30). The smallest absolute Gasteiger partial charge is 0.235 e. The molecule has 0 aliphatic carbocycles. The molecule has 0 atom stereocenters. The van der Waals surface area contributed by atoms with Crippen molar-refractivity contribution < 1.29 is 13.6 Å². The second-order valence-corrected chi connectivity index (χ2v) is 7.40. The van der Waals surface area contributed by atoms with Crippen molar-refractivity contribution in [1.29, 1.82) is 0 Å². The van der Waals surface area contributed by atoms with Crippen LogP contribution in [-0.4, -0.2) is 26.8 Å². The molecule has 3 aromatic carbocycles. The van der Waals surface area contributed by atoms with Crippen molar-refractivity contribution >= 4 is 23.4 Å². The first kappa shape index (κ1) is 20.6. The summed E-state index contributed by atoms with van der Waals surface area (Å²) in [5.41, 5.74) is 2.50. The van der Waals surface area contributed by atoms with Gasteiger partial charge in [0.2, 0.25) is 11.1 Å². The average Bonchev–Trinajstić information content (AvgIpc) is 2.81. The third kappa shape index (κ3) is 4.92. The van der Waals surface area contributed by atoms with E-state index in [0.717, 1.165) is 35.0 Å². The largest absolute Gasteiger partial charge is 0.320 e. The number of benzene rings is 3. The molecule has 1 amide bonds. The fourth-order valence-corrected chi connectivity index (χ4v) is 3.47. The highest BCUT2D eigenvalue weighted by atomic mass is 32.2. The summed E-state index contributed by atoms with van der Waals surface area (Å²) in [5.74, 6) is -2.38. The van der Waals surface area contributed by atoms with Gasteiger partial charge in [0.1, 0.15) is 28.7 Å². The maximum atomic E-state index is 13.7. The van der Waals surface area contributed by atoms with Gasteiger partial charge in [0.25, 0.3) is 0 Å². The molecule has 0 saturated heterocycles. The number of amides is 1. The molecule has 8 heteroatoms. The van der Waals surface area contributed by atoms with Crippen molar-refractivity contribution in [3.05, 3.63) is 90.5 Å². The van der Waals surface area contributed by atoms with E-state index in [1.54, 1.807) is 0 Å². The zero-order valence-electron chi connectivity index (χ0n) is 16.1. The van der Waals surface area contributed by atoms with Gasteiger partial charge in [0, 0.05) is 11.1 Å². The van der Waals surface area contributed by atoms with E-state index < -0.39 is 23.2 Å². The lowest BCUT2D eigenvalue weighted by Crippen LogP contribution is -2.16. The van der Waals surface area contributed by atoms with Crippen LogP contribution >= 0.6 is 11.8 Å². The van der Waals surface area contributed by atoms with E-state index >= 15 is 0 Å². The molecule has 1 heterocycles. The molecule has 0 saturated carbocycles. The molecule has 0 bridgehead atoms. The van der Waals surface area contributed by atoms with Gasteiger partial charge in [-0.25, -0.2) is 13.8 Å². The molecule has 0 radical (unpaired) electrons. The number of thioether (sulfide) groups is 1. The monoisotopic (exact) mass is 434 g/mol. The van der Waals surface area contributed by atoms with Gasteiger partial charge in [-0.2, -0.15) is 0 Å². The Kier molecular flexibility index (Phi) is 6.28. The minimum absolute atomic E-state index is 0.131. The van der Waals surface area contributed by atoms with Gasteiger partial charge in [-0.1, -0.05) is 78.5 Å². The minimum atomic E-state index is -0.838. The summed E-state index contributed by atoms with van der Waals surface area (Å²) in [7, 11) is 0. The number of hydrogen-bond acceptors (Lipinski definition) is 5. The van der Waals surface area contributed by atoms with Crippen LogP contribution in [0, 0.1) is 11.6 Å². The Morgan fingerprint density at radius 2 is 1.35 bits per heavy atom. The van der Waals surface area contributed by atoms with Gasteiger partial charge in [-0.15, -0.1) is 10.2 Å². The number of para-hydroxylation sites is 1. The molecule has 4 aromatic rings. The van der Waals surface area contributed by atoms with Gasteiger partial charge < -0.3 is 5.32 Å². The maximum absolute atomic E-state index is 13.7. The summed E-state index contributed by atoms with van der Waals surface area (Å²) >= 11 is 1.03. The number of carbonyl (C=O) groups excluding carboxylic acids is 1. The van der Waals surface area contributed by atoms with E-state index in [1.165, 1.54) is 6.07 Å². The summed E-state index contributed by atoms with van der Waals surface area (Å²) in [5, 5.41) is 11.0. The van der Waals surface area contributed by atoms with Crippen LogP contribution < -0.4 is 5.32 Å². The van der Waals surface area contributed by atoms with Crippen LogP contribution in [0.25, 0.3) is 22.5 Å². The van der Waals surface area contributed by atoms with Gasteiger partial charge in [0.15, 0.2) is 0 Å². The van der Waals surface area contributed by atoms with Gasteiger partial charge >= 0.3 is 0 Å². The Morgan fingerprint density at radius 1 is 0.774 bits per heavy atom. The number of nitrogens with one attached hydrogen (secondary N) is 1. The molecular formula is C23H16F2N4OS. The van der Waals surface area contributed by atoms with E-state index in [2.05, 4.69) is 20.5 Å². The van der Waals surface area contributed by atoms with E-state index in [4.69, 9.17) is 0 Å². The summed E-state index contributed by atoms with van der Waals surface area (Å²) in [6, 6.07) is 22.5. The highest BCUT2D eigenvalue weighted by molar-refractivity contribution is 7.99. The summed E-state index contributed by atoms with van der Waals surface area (Å²) in [4.78, 5) is 16.8. The van der Waals surface area contributed by atoms with Crippen LogP contribution in [0.3, 0.4) is 0 Å². The van der Waals surface area contributed by atoms with Crippen LogP contribution in [0.4, 0.5) is 14.5 Å². The first-order valence-corrected chi connectivity index (χ1v) is 10.3. The third-order valence-corrected chi connectivity index (χ3v) is 5.16. The van der Waals surface area contributed by atoms with Gasteiger partial charge in [-0.3, -0.25) is 4.79 Å². The Labute approximate surface area is 181 Å². The second-order valence-electron chi connectivity index (χ2n) is 6.46. The molecule has 5 nitrogen and oxygen atoms in total. The van der Waals surface area contributed by atoms with E-state index in [9.17, 15) is 13.6 Å². The predicted molar refractivity (Wildman–Crippen MR) is 116 cm³/mol. The van der Waals surface area contributed by atoms with Crippen LogP contribution in [-0.2, 0) is 4.79 Å². The summed E-state index contributed by atoms with van der Waals surface area (Å²) in [6.07, 6.45) is 0. The fourth-order valence-electron chi connectivity index (χ4n) is 2.88. The predicted octanol–water partition coefficient (Wildman–Crippen LogP) is 5.21. The number of nitrogens with zero attached hydrogens (tertiary/aromatic N) is 3.